The van der Waals surface area contributed by atoms with Crippen molar-refractivity contribution in [3.05, 3.63) is 70.1 Å². The molecular formula is C22H18F3NO4S. The molecule has 0 unspecified atom stereocenters. The van der Waals surface area contributed by atoms with Gasteiger partial charge in [0.15, 0.2) is 0 Å². The summed E-state index contributed by atoms with van der Waals surface area (Å²) in [6.45, 7) is 2.32. The van der Waals surface area contributed by atoms with Crippen molar-refractivity contribution in [1.29, 1.82) is 0 Å². The van der Waals surface area contributed by atoms with Crippen molar-refractivity contribution in [2.45, 2.75) is 25.9 Å². The summed E-state index contributed by atoms with van der Waals surface area (Å²) >= 11 is 0.635. The first-order chi connectivity index (χ1) is 14.7. The van der Waals surface area contributed by atoms with Gasteiger partial charge in [-0.25, -0.2) is 9.69 Å². The lowest BCUT2D eigenvalue weighted by Gasteiger charge is -2.14. The summed E-state index contributed by atoms with van der Waals surface area (Å²) in [4.78, 5) is 37.7. The Morgan fingerprint density at radius 3 is 2.48 bits per heavy atom. The zero-order chi connectivity index (χ0) is 22.6. The van der Waals surface area contributed by atoms with Gasteiger partial charge in [-0.1, -0.05) is 31.5 Å². The van der Waals surface area contributed by atoms with Gasteiger partial charge in [-0.3, -0.25) is 9.59 Å². The van der Waals surface area contributed by atoms with Gasteiger partial charge >= 0.3 is 12.1 Å². The van der Waals surface area contributed by atoms with E-state index in [9.17, 15) is 27.6 Å². The van der Waals surface area contributed by atoms with E-state index in [1.165, 1.54) is 24.3 Å². The Morgan fingerprint density at radius 1 is 1.13 bits per heavy atom. The van der Waals surface area contributed by atoms with E-state index in [4.69, 9.17) is 4.74 Å². The number of thioether (sulfide) groups is 1. The van der Waals surface area contributed by atoms with Gasteiger partial charge in [-0.2, -0.15) is 13.2 Å². The predicted molar refractivity (Wildman–Crippen MR) is 112 cm³/mol. The number of carbonyl (C=O) groups is 3. The van der Waals surface area contributed by atoms with E-state index < -0.39 is 28.9 Å². The molecule has 2 amide bonds. The summed E-state index contributed by atoms with van der Waals surface area (Å²) in [6, 6.07) is 10.3. The molecule has 9 heteroatoms. The largest absolute Gasteiger partial charge is 0.462 e. The van der Waals surface area contributed by atoms with Crippen LogP contribution in [0.25, 0.3) is 6.08 Å². The summed E-state index contributed by atoms with van der Waals surface area (Å²) in [5, 5.41) is -0.688. The van der Waals surface area contributed by atoms with Gasteiger partial charge in [-0.05, 0) is 60.2 Å². The average molecular weight is 449 g/mol. The fourth-order valence-electron chi connectivity index (χ4n) is 2.77. The molecule has 3 rings (SSSR count). The van der Waals surface area contributed by atoms with Crippen LogP contribution in [0.1, 0.15) is 41.3 Å². The van der Waals surface area contributed by atoms with Crippen molar-refractivity contribution in [2.75, 3.05) is 11.5 Å². The molecule has 1 aliphatic rings. The van der Waals surface area contributed by atoms with Gasteiger partial charge in [0, 0.05) is 0 Å². The lowest BCUT2D eigenvalue weighted by Crippen LogP contribution is -2.28. The van der Waals surface area contributed by atoms with Crippen molar-refractivity contribution in [2.24, 2.45) is 0 Å². The number of hydrogen-bond donors (Lipinski definition) is 0. The number of hydrogen-bond acceptors (Lipinski definition) is 5. The summed E-state index contributed by atoms with van der Waals surface area (Å²) in [6.07, 6.45) is -1.47. The molecule has 31 heavy (non-hydrogen) atoms. The number of alkyl halides is 3. The Hall–Kier alpha value is -3.07. The van der Waals surface area contributed by atoms with Crippen molar-refractivity contribution in [3.8, 4) is 0 Å². The van der Waals surface area contributed by atoms with Crippen LogP contribution in [-0.4, -0.2) is 23.7 Å². The summed E-state index contributed by atoms with van der Waals surface area (Å²) in [5.41, 5.74) is -0.190. The first kappa shape index (κ1) is 22.6. The Kier molecular flexibility index (Phi) is 6.84. The van der Waals surface area contributed by atoms with Crippen molar-refractivity contribution < 1.29 is 32.3 Å². The standard InChI is InChI=1S/C22H18F3NO4S/c1-2-3-11-30-20(28)15-9-7-14(8-10-15)12-18-19(27)26(21(29)31-18)17-6-4-5-16(13-17)22(23,24)25/h4-10,12-13H,2-3,11H2,1H3/b18-12-. The molecule has 2 aromatic carbocycles. The molecule has 1 saturated heterocycles. The molecule has 2 aromatic rings. The van der Waals surface area contributed by atoms with Gasteiger partial charge in [0.25, 0.3) is 11.1 Å². The maximum Gasteiger partial charge on any atom is 0.416 e. The number of ether oxygens (including phenoxy) is 1. The molecule has 1 aliphatic heterocycles. The zero-order valence-electron chi connectivity index (χ0n) is 16.4. The maximum absolute atomic E-state index is 13.0. The van der Waals surface area contributed by atoms with Gasteiger partial charge in [-0.15, -0.1) is 0 Å². The SMILES string of the molecule is CCCCOC(=O)c1ccc(/C=C2\SC(=O)N(c3cccc(C(F)(F)F)c3)C2=O)cc1. The average Bonchev–Trinajstić information content (AvgIpc) is 3.01. The highest BCUT2D eigenvalue weighted by Gasteiger charge is 2.38. The molecule has 162 valence electrons. The van der Waals surface area contributed by atoms with Gasteiger partial charge < -0.3 is 4.74 Å². The van der Waals surface area contributed by atoms with Crippen LogP contribution in [0.2, 0.25) is 0 Å². The van der Waals surface area contributed by atoms with E-state index in [2.05, 4.69) is 0 Å². The normalized spacial score (nSPS) is 15.6. The zero-order valence-corrected chi connectivity index (χ0v) is 17.3. The molecule has 0 atom stereocenters. The van der Waals surface area contributed by atoms with Crippen LogP contribution in [0.3, 0.4) is 0 Å². The van der Waals surface area contributed by atoms with Crippen molar-refractivity contribution >= 4 is 40.6 Å². The smallest absolute Gasteiger partial charge is 0.416 e. The van der Waals surface area contributed by atoms with Crippen LogP contribution < -0.4 is 4.90 Å². The highest BCUT2D eigenvalue weighted by atomic mass is 32.2. The van der Waals surface area contributed by atoms with Crippen LogP contribution >= 0.6 is 11.8 Å². The van der Waals surface area contributed by atoms with E-state index in [1.807, 2.05) is 6.92 Å². The number of unbranched alkanes of at least 4 members (excludes halogenated alkanes) is 1. The third-order valence-electron chi connectivity index (χ3n) is 4.40. The lowest BCUT2D eigenvalue weighted by molar-refractivity contribution is -0.137. The number of nitrogens with zero attached hydrogens (tertiary/aromatic N) is 1. The first-order valence-corrected chi connectivity index (χ1v) is 10.2. The number of rotatable bonds is 6. The van der Waals surface area contributed by atoms with E-state index in [0.29, 0.717) is 34.4 Å². The number of esters is 1. The quantitative estimate of drug-likeness (QED) is 0.312. The minimum Gasteiger partial charge on any atom is -0.462 e. The molecule has 0 bridgehead atoms. The third-order valence-corrected chi connectivity index (χ3v) is 5.27. The molecule has 0 aliphatic carbocycles. The monoisotopic (exact) mass is 449 g/mol. The fraction of sp³-hybridized carbons (Fsp3) is 0.227. The second-order valence-corrected chi connectivity index (χ2v) is 7.67. The van der Waals surface area contributed by atoms with E-state index >= 15 is 0 Å². The maximum atomic E-state index is 13.0. The second kappa shape index (κ2) is 9.38. The molecule has 0 N–H and O–H groups in total. The molecular weight excluding hydrogens is 431 g/mol. The number of carbonyl (C=O) groups excluding carboxylic acids is 3. The summed E-state index contributed by atoms with van der Waals surface area (Å²) in [5.74, 6) is -1.16. The van der Waals surface area contributed by atoms with Gasteiger partial charge in [0.2, 0.25) is 0 Å². The van der Waals surface area contributed by atoms with Crippen LogP contribution in [0.15, 0.2) is 53.4 Å². The Labute approximate surface area is 180 Å². The molecule has 1 heterocycles. The van der Waals surface area contributed by atoms with Crippen LogP contribution in [0, 0.1) is 0 Å². The molecule has 5 nitrogen and oxygen atoms in total. The van der Waals surface area contributed by atoms with Crippen LogP contribution in [-0.2, 0) is 15.7 Å². The lowest BCUT2D eigenvalue weighted by atomic mass is 10.1. The Bertz CT molecular complexity index is 1030. The van der Waals surface area contributed by atoms with E-state index in [1.54, 1.807) is 12.1 Å². The number of amides is 2. The molecule has 0 aromatic heterocycles. The third kappa shape index (κ3) is 5.35. The van der Waals surface area contributed by atoms with Crippen molar-refractivity contribution in [1.82, 2.24) is 0 Å². The van der Waals surface area contributed by atoms with Crippen LogP contribution in [0.4, 0.5) is 23.7 Å². The van der Waals surface area contributed by atoms with E-state index in [-0.39, 0.29) is 10.6 Å². The van der Waals surface area contributed by atoms with Crippen molar-refractivity contribution in [3.63, 3.8) is 0 Å². The van der Waals surface area contributed by atoms with Gasteiger partial charge in [0.05, 0.1) is 28.3 Å². The number of halogens is 3. The molecule has 0 spiro atoms. The topological polar surface area (TPSA) is 63.7 Å². The number of benzene rings is 2. The molecule has 0 radical (unpaired) electrons. The van der Waals surface area contributed by atoms with Gasteiger partial charge in [0.1, 0.15) is 0 Å². The minimum atomic E-state index is -4.59. The number of imide groups is 1. The predicted octanol–water partition coefficient (Wildman–Crippen LogP) is 5.90. The number of anilines is 1. The highest BCUT2D eigenvalue weighted by molar-refractivity contribution is 8.19. The van der Waals surface area contributed by atoms with E-state index in [0.717, 1.165) is 31.0 Å². The Balaban J connectivity index is 1.77. The van der Waals surface area contributed by atoms with Crippen LogP contribution in [0.5, 0.6) is 0 Å². The summed E-state index contributed by atoms with van der Waals surface area (Å²) in [7, 11) is 0. The first-order valence-electron chi connectivity index (χ1n) is 9.43. The molecule has 1 fully saturated rings. The highest BCUT2D eigenvalue weighted by Crippen LogP contribution is 2.38. The Morgan fingerprint density at radius 2 is 1.84 bits per heavy atom. The second-order valence-electron chi connectivity index (χ2n) is 6.68. The minimum absolute atomic E-state index is 0.0701. The molecule has 0 saturated carbocycles. The fourth-order valence-corrected chi connectivity index (χ4v) is 3.61. The summed E-state index contributed by atoms with van der Waals surface area (Å²) < 4.78 is 44.0.